The molecule has 0 aromatic heterocycles. The zero-order valence-electron chi connectivity index (χ0n) is 26.1. The lowest BCUT2D eigenvalue weighted by Gasteiger charge is -2.47. The number of likely N-dealkylation sites (tertiary alicyclic amines) is 1. The maximum Gasteiger partial charge on any atom is 0.416 e. The molecule has 1 unspecified atom stereocenters. The van der Waals surface area contributed by atoms with Gasteiger partial charge in [-0.2, -0.15) is 13.2 Å². The molecule has 1 N–H and O–H groups in total. The molecule has 0 saturated carbocycles. The van der Waals surface area contributed by atoms with Gasteiger partial charge < -0.3 is 19.9 Å². The minimum atomic E-state index is -4.33. The van der Waals surface area contributed by atoms with E-state index in [0.717, 1.165) is 97.4 Å². The monoisotopic (exact) mass is 619 g/mol. The van der Waals surface area contributed by atoms with Gasteiger partial charge in [0.1, 0.15) is 5.75 Å². The molecule has 6 rings (SSSR count). The highest BCUT2D eigenvalue weighted by molar-refractivity contribution is 5.98. The number of amides is 2. The Morgan fingerprint density at radius 2 is 1.51 bits per heavy atom. The molecule has 3 aromatic carbocycles. The highest BCUT2D eigenvalue weighted by atomic mass is 19.4. The normalized spacial score (nSPS) is 19.4. The van der Waals surface area contributed by atoms with Gasteiger partial charge in [0.15, 0.2) is 0 Å². The largest absolute Gasteiger partial charge is 0.497 e. The van der Waals surface area contributed by atoms with Crippen LogP contribution in [0.1, 0.15) is 86.7 Å². The maximum absolute atomic E-state index is 13.6. The number of alkyl halides is 3. The number of piperidine rings is 2. The van der Waals surface area contributed by atoms with Gasteiger partial charge in [-0.25, -0.2) is 0 Å². The molecule has 238 valence electrons. The zero-order valence-corrected chi connectivity index (χ0v) is 26.1. The molecule has 0 bridgehead atoms. The lowest BCUT2D eigenvalue weighted by Crippen LogP contribution is -2.48. The van der Waals surface area contributed by atoms with Crippen LogP contribution in [0.4, 0.5) is 18.9 Å². The fourth-order valence-corrected chi connectivity index (χ4v) is 7.48. The van der Waals surface area contributed by atoms with Crippen molar-refractivity contribution >= 4 is 17.5 Å². The number of ether oxygens (including phenoxy) is 1. The molecule has 2 fully saturated rings. The van der Waals surface area contributed by atoms with E-state index in [4.69, 9.17) is 4.74 Å². The van der Waals surface area contributed by atoms with E-state index in [-0.39, 0.29) is 23.3 Å². The summed E-state index contributed by atoms with van der Waals surface area (Å²) in [6.07, 6.45) is 1.08. The fourth-order valence-electron chi connectivity index (χ4n) is 7.48. The number of halogens is 3. The minimum Gasteiger partial charge on any atom is -0.497 e. The maximum atomic E-state index is 13.6. The molecule has 2 aliphatic heterocycles. The standard InChI is InChI=1S/C36H40F3N3O3/c1-23-20-29(45-3)21-24(2)32(23)33(43)40-31-11-6-25-4-5-26(22-30(25)31)34(44)42-18-14-35(15-19-42)12-16-41(17-13-35)28-9-7-27(8-10-28)36(37,38)39/h4-5,7-10,20-22,31H,6,11-19H2,1-3H3,(H,40,43). The second-order valence-electron chi connectivity index (χ2n) is 12.9. The lowest BCUT2D eigenvalue weighted by molar-refractivity contribution is -0.137. The van der Waals surface area contributed by atoms with E-state index in [9.17, 15) is 22.8 Å². The highest BCUT2D eigenvalue weighted by Gasteiger charge is 2.39. The predicted octanol–water partition coefficient (Wildman–Crippen LogP) is 7.27. The SMILES string of the molecule is COc1cc(C)c(C(=O)NC2CCc3ccc(C(=O)N4CCC5(CC4)CCN(c4ccc(C(F)(F)F)cc4)CC5)cc32)c(C)c1. The Bertz CT molecular complexity index is 1560. The van der Waals surface area contributed by atoms with Crippen molar-refractivity contribution in [2.24, 2.45) is 5.41 Å². The van der Waals surface area contributed by atoms with E-state index in [1.165, 1.54) is 0 Å². The second-order valence-corrected chi connectivity index (χ2v) is 12.9. The zero-order chi connectivity index (χ0) is 31.9. The highest BCUT2D eigenvalue weighted by Crippen LogP contribution is 2.43. The van der Waals surface area contributed by atoms with Crippen molar-refractivity contribution in [1.82, 2.24) is 10.2 Å². The van der Waals surface area contributed by atoms with Gasteiger partial charge in [0.05, 0.1) is 18.7 Å². The number of aryl methyl sites for hydroxylation is 3. The number of benzene rings is 3. The van der Waals surface area contributed by atoms with Crippen LogP contribution in [-0.4, -0.2) is 50.0 Å². The van der Waals surface area contributed by atoms with Crippen LogP contribution in [0.25, 0.3) is 0 Å². The van der Waals surface area contributed by atoms with Crippen LogP contribution in [0, 0.1) is 19.3 Å². The Morgan fingerprint density at radius 1 is 0.889 bits per heavy atom. The fraction of sp³-hybridized carbons (Fsp3) is 0.444. The van der Waals surface area contributed by atoms with Crippen molar-refractivity contribution in [3.63, 3.8) is 0 Å². The minimum absolute atomic E-state index is 0.0219. The quantitative estimate of drug-likeness (QED) is 0.326. The summed E-state index contributed by atoms with van der Waals surface area (Å²) in [5.41, 5.74) is 5.57. The smallest absolute Gasteiger partial charge is 0.416 e. The van der Waals surface area contributed by atoms with Crippen LogP contribution in [0.2, 0.25) is 0 Å². The molecule has 1 aliphatic carbocycles. The predicted molar refractivity (Wildman–Crippen MR) is 168 cm³/mol. The number of nitrogens with zero attached hydrogens (tertiary/aromatic N) is 2. The summed E-state index contributed by atoms with van der Waals surface area (Å²) in [7, 11) is 1.61. The van der Waals surface area contributed by atoms with Crippen molar-refractivity contribution in [3.8, 4) is 5.75 Å². The van der Waals surface area contributed by atoms with Crippen LogP contribution in [0.5, 0.6) is 5.75 Å². The van der Waals surface area contributed by atoms with Crippen molar-refractivity contribution in [2.45, 2.75) is 64.6 Å². The van der Waals surface area contributed by atoms with Crippen LogP contribution in [0.3, 0.4) is 0 Å². The van der Waals surface area contributed by atoms with Gasteiger partial charge in [0.25, 0.3) is 11.8 Å². The summed E-state index contributed by atoms with van der Waals surface area (Å²) in [6.45, 7) is 6.79. The molecular weight excluding hydrogens is 579 g/mol. The number of nitrogens with one attached hydrogen (secondary N) is 1. The topological polar surface area (TPSA) is 61.9 Å². The van der Waals surface area contributed by atoms with Crippen LogP contribution in [0.15, 0.2) is 54.6 Å². The molecule has 2 saturated heterocycles. The second kappa shape index (κ2) is 12.1. The van der Waals surface area contributed by atoms with Gasteiger partial charge in [-0.15, -0.1) is 0 Å². The van der Waals surface area contributed by atoms with Crippen LogP contribution >= 0.6 is 0 Å². The number of hydrogen-bond acceptors (Lipinski definition) is 4. The molecule has 3 aliphatic rings. The first-order valence-corrected chi connectivity index (χ1v) is 15.8. The third-order valence-corrected chi connectivity index (χ3v) is 10.2. The van der Waals surface area contributed by atoms with E-state index in [0.29, 0.717) is 24.2 Å². The van der Waals surface area contributed by atoms with E-state index in [1.54, 1.807) is 19.2 Å². The van der Waals surface area contributed by atoms with Crippen LogP contribution in [-0.2, 0) is 12.6 Å². The van der Waals surface area contributed by atoms with E-state index >= 15 is 0 Å². The number of fused-ring (bicyclic) bond motifs is 1. The van der Waals surface area contributed by atoms with Crippen molar-refractivity contribution in [2.75, 3.05) is 38.2 Å². The molecule has 6 nitrogen and oxygen atoms in total. The van der Waals surface area contributed by atoms with Gasteiger partial charge >= 0.3 is 6.18 Å². The molecule has 1 atom stereocenters. The molecule has 2 heterocycles. The molecule has 9 heteroatoms. The molecule has 0 radical (unpaired) electrons. The molecule has 1 spiro atoms. The van der Waals surface area contributed by atoms with Gasteiger partial charge in [0.2, 0.25) is 0 Å². The molecule has 3 aromatic rings. The Labute approximate surface area is 262 Å². The number of anilines is 1. The van der Waals surface area contributed by atoms with Gasteiger partial charge in [0, 0.05) is 43.0 Å². The average molecular weight is 620 g/mol. The van der Waals surface area contributed by atoms with Crippen LogP contribution < -0.4 is 15.0 Å². The average Bonchev–Trinajstić information content (AvgIpc) is 3.42. The van der Waals surface area contributed by atoms with Crippen molar-refractivity contribution < 1.29 is 27.5 Å². The Balaban J connectivity index is 1.06. The first-order chi connectivity index (χ1) is 21.5. The number of rotatable bonds is 5. The summed E-state index contributed by atoms with van der Waals surface area (Å²) < 4.78 is 44.2. The first-order valence-electron chi connectivity index (χ1n) is 15.8. The van der Waals surface area contributed by atoms with E-state index in [2.05, 4.69) is 10.2 Å². The molecule has 45 heavy (non-hydrogen) atoms. The Hall–Kier alpha value is -4.01. The van der Waals surface area contributed by atoms with Gasteiger partial charge in [-0.3, -0.25) is 9.59 Å². The summed E-state index contributed by atoms with van der Waals surface area (Å²) >= 11 is 0. The third kappa shape index (κ3) is 6.26. The number of hydrogen-bond donors (Lipinski definition) is 1. The summed E-state index contributed by atoms with van der Waals surface area (Å²) in [5, 5.41) is 3.22. The van der Waals surface area contributed by atoms with Gasteiger partial charge in [-0.05, 0) is 129 Å². The van der Waals surface area contributed by atoms with E-state index in [1.807, 2.05) is 49.1 Å². The summed E-state index contributed by atoms with van der Waals surface area (Å²) in [4.78, 5) is 31.1. The van der Waals surface area contributed by atoms with Crippen molar-refractivity contribution in [1.29, 1.82) is 0 Å². The number of carbonyl (C=O) groups excluding carboxylic acids is 2. The van der Waals surface area contributed by atoms with Crippen molar-refractivity contribution in [3.05, 3.63) is 93.5 Å². The Kier molecular flexibility index (Phi) is 8.31. The summed E-state index contributed by atoms with van der Waals surface area (Å²) in [5.74, 6) is 0.629. The number of methoxy groups -OCH3 is 1. The number of carbonyl (C=O) groups is 2. The molecular formula is C36H40F3N3O3. The molecule has 2 amide bonds. The third-order valence-electron chi connectivity index (χ3n) is 10.2. The van der Waals surface area contributed by atoms with Gasteiger partial charge in [-0.1, -0.05) is 6.07 Å². The lowest BCUT2D eigenvalue weighted by atomic mass is 9.71. The first kappa shape index (κ1) is 31.0. The summed E-state index contributed by atoms with van der Waals surface area (Å²) in [6, 6.07) is 14.9. The Morgan fingerprint density at radius 3 is 2.11 bits per heavy atom. The van der Waals surface area contributed by atoms with E-state index < -0.39 is 11.7 Å².